The van der Waals surface area contributed by atoms with Crippen LogP contribution in [-0.4, -0.2) is 67.4 Å². The highest BCUT2D eigenvalue weighted by Crippen LogP contribution is 2.47. The van der Waals surface area contributed by atoms with Crippen molar-refractivity contribution in [2.24, 2.45) is 5.92 Å². The zero-order chi connectivity index (χ0) is 24.2. The van der Waals surface area contributed by atoms with E-state index in [0.717, 1.165) is 24.0 Å². The van der Waals surface area contributed by atoms with E-state index in [1.165, 1.54) is 0 Å². The van der Waals surface area contributed by atoms with Crippen LogP contribution in [0.4, 0.5) is 0 Å². The number of fused-ring (bicyclic) bond motifs is 1. The van der Waals surface area contributed by atoms with Crippen LogP contribution in [0.1, 0.15) is 42.9 Å². The molecule has 1 N–H and O–H groups in total. The molecular formula is C26H32N2O6. The molecule has 8 heteroatoms. The summed E-state index contributed by atoms with van der Waals surface area (Å²) in [5, 5.41) is 10.3. The Morgan fingerprint density at radius 2 is 1.82 bits per heavy atom. The molecule has 8 nitrogen and oxygen atoms in total. The summed E-state index contributed by atoms with van der Waals surface area (Å²) in [5.41, 5.74) is 1.71. The van der Waals surface area contributed by atoms with Gasteiger partial charge in [0.2, 0.25) is 12.7 Å². The minimum atomic E-state index is -0.891. The van der Waals surface area contributed by atoms with Gasteiger partial charge in [-0.1, -0.05) is 31.5 Å². The number of rotatable bonds is 9. The maximum atomic E-state index is 13.0. The summed E-state index contributed by atoms with van der Waals surface area (Å²) in [5.74, 6) is 0.0276. The van der Waals surface area contributed by atoms with Crippen LogP contribution in [0.5, 0.6) is 17.2 Å². The van der Waals surface area contributed by atoms with Crippen LogP contribution >= 0.6 is 0 Å². The van der Waals surface area contributed by atoms with Crippen molar-refractivity contribution in [3.63, 3.8) is 0 Å². The number of carboxylic acids is 1. The topological polar surface area (TPSA) is 88.5 Å². The largest absolute Gasteiger partial charge is 0.497 e. The number of amides is 1. The predicted octanol–water partition coefficient (Wildman–Crippen LogP) is 3.52. The molecule has 4 rings (SSSR count). The molecule has 0 aliphatic carbocycles. The third-order valence-electron chi connectivity index (χ3n) is 6.78. The van der Waals surface area contributed by atoms with E-state index in [1.54, 1.807) is 19.1 Å². The number of nitrogens with zero attached hydrogens (tertiary/aromatic N) is 2. The van der Waals surface area contributed by atoms with Gasteiger partial charge in [0, 0.05) is 32.1 Å². The normalized spacial score (nSPS) is 21.4. The highest BCUT2D eigenvalue weighted by Gasteiger charge is 2.48. The lowest BCUT2D eigenvalue weighted by molar-refractivity contribution is -0.143. The first-order chi connectivity index (χ1) is 16.4. The number of carbonyl (C=O) groups excluding carboxylic acids is 1. The highest BCUT2D eigenvalue weighted by molar-refractivity contribution is 5.79. The summed E-state index contributed by atoms with van der Waals surface area (Å²) in [7, 11) is 3.40. The maximum absolute atomic E-state index is 13.0. The van der Waals surface area contributed by atoms with Gasteiger partial charge in [-0.2, -0.15) is 0 Å². The molecule has 0 bridgehead atoms. The molecule has 182 valence electrons. The van der Waals surface area contributed by atoms with Crippen molar-refractivity contribution in [1.82, 2.24) is 9.80 Å². The van der Waals surface area contributed by atoms with Gasteiger partial charge in [-0.05, 0) is 41.8 Å². The molecular weight excluding hydrogens is 436 g/mol. The number of carboxylic acid groups (broad SMARTS) is 1. The van der Waals surface area contributed by atoms with Crippen molar-refractivity contribution in [1.29, 1.82) is 0 Å². The van der Waals surface area contributed by atoms with Crippen LogP contribution in [0, 0.1) is 5.92 Å². The summed E-state index contributed by atoms with van der Waals surface area (Å²) in [6, 6.07) is 12.6. The summed E-state index contributed by atoms with van der Waals surface area (Å²) in [6.45, 7) is 3.53. The van der Waals surface area contributed by atoms with Crippen molar-refractivity contribution in [3.8, 4) is 17.2 Å². The monoisotopic (exact) mass is 468 g/mol. The molecule has 0 spiro atoms. The molecule has 34 heavy (non-hydrogen) atoms. The van der Waals surface area contributed by atoms with Gasteiger partial charge in [-0.15, -0.1) is 0 Å². The van der Waals surface area contributed by atoms with Crippen LogP contribution in [0.25, 0.3) is 0 Å². The average molecular weight is 469 g/mol. The predicted molar refractivity (Wildman–Crippen MR) is 126 cm³/mol. The van der Waals surface area contributed by atoms with Crippen LogP contribution in [0.15, 0.2) is 42.5 Å². The van der Waals surface area contributed by atoms with Crippen molar-refractivity contribution in [2.75, 3.05) is 40.6 Å². The van der Waals surface area contributed by atoms with Crippen LogP contribution in [0.2, 0.25) is 0 Å². The van der Waals surface area contributed by atoms with Crippen molar-refractivity contribution in [3.05, 3.63) is 53.6 Å². The number of hydrogen-bond donors (Lipinski definition) is 1. The smallest absolute Gasteiger partial charge is 0.309 e. The Kier molecular flexibility index (Phi) is 7.26. The Labute approximate surface area is 200 Å². The van der Waals surface area contributed by atoms with E-state index in [2.05, 4.69) is 6.92 Å². The molecule has 2 heterocycles. The van der Waals surface area contributed by atoms with Gasteiger partial charge < -0.3 is 24.2 Å². The lowest BCUT2D eigenvalue weighted by atomic mass is 9.82. The van der Waals surface area contributed by atoms with Gasteiger partial charge in [0.1, 0.15) is 5.75 Å². The molecule has 1 fully saturated rings. The molecule has 3 atom stereocenters. The van der Waals surface area contributed by atoms with Gasteiger partial charge in [0.15, 0.2) is 11.5 Å². The standard InChI is InChI=1S/C26H32N2O6/c1-4-5-12-27(2)23(29)15-28-14-20(18-8-11-21-22(13-18)34-16-33-21)24(26(30)31)25(28)17-6-9-19(32-3)10-7-17/h6-11,13,20,24-25H,4-5,12,14-16H2,1-3H3,(H,30,31)/t20-,24-,25+/m1/s1. The molecule has 0 radical (unpaired) electrons. The Morgan fingerprint density at radius 3 is 2.50 bits per heavy atom. The SMILES string of the molecule is CCCCN(C)C(=O)CN1C[C@H](c2ccc3c(c2)OCO3)[C@@H](C(=O)O)[C@@H]1c1ccc(OC)cc1. The fourth-order valence-electron chi connectivity index (χ4n) is 4.89. The molecule has 0 saturated carbocycles. The highest BCUT2D eigenvalue weighted by atomic mass is 16.7. The van der Waals surface area contributed by atoms with Gasteiger partial charge in [0.05, 0.1) is 19.6 Å². The van der Waals surface area contributed by atoms with Crippen molar-refractivity contribution in [2.45, 2.75) is 31.7 Å². The van der Waals surface area contributed by atoms with Gasteiger partial charge in [-0.25, -0.2) is 0 Å². The number of likely N-dealkylation sites (tertiary alicyclic amines) is 1. The van der Waals surface area contributed by atoms with Gasteiger partial charge in [0.25, 0.3) is 0 Å². The van der Waals surface area contributed by atoms with Gasteiger partial charge >= 0.3 is 5.97 Å². The zero-order valence-electron chi connectivity index (χ0n) is 19.9. The number of likely N-dealkylation sites (N-methyl/N-ethyl adjacent to an activating group) is 1. The number of carbonyl (C=O) groups is 2. The first-order valence-electron chi connectivity index (χ1n) is 11.7. The maximum Gasteiger partial charge on any atom is 0.309 e. The second kappa shape index (κ2) is 10.3. The van der Waals surface area contributed by atoms with Crippen LogP contribution < -0.4 is 14.2 Å². The lowest BCUT2D eigenvalue weighted by Crippen LogP contribution is -2.39. The van der Waals surface area contributed by atoms with E-state index in [1.807, 2.05) is 47.4 Å². The summed E-state index contributed by atoms with van der Waals surface area (Å²) < 4.78 is 16.2. The van der Waals surface area contributed by atoms with E-state index >= 15 is 0 Å². The van der Waals surface area contributed by atoms with Crippen LogP contribution in [-0.2, 0) is 9.59 Å². The minimum Gasteiger partial charge on any atom is -0.497 e. The van der Waals surface area contributed by atoms with E-state index in [-0.39, 0.29) is 25.2 Å². The van der Waals surface area contributed by atoms with E-state index in [0.29, 0.717) is 30.3 Å². The molecule has 1 amide bonds. The first kappa shape index (κ1) is 23.9. The number of benzene rings is 2. The number of aliphatic carboxylic acids is 1. The number of hydrogen-bond acceptors (Lipinski definition) is 6. The second-order valence-electron chi connectivity index (χ2n) is 8.90. The molecule has 0 unspecified atom stereocenters. The summed E-state index contributed by atoms with van der Waals surface area (Å²) in [4.78, 5) is 29.4. The van der Waals surface area contributed by atoms with Crippen molar-refractivity contribution < 1.29 is 28.9 Å². The van der Waals surface area contributed by atoms with E-state index < -0.39 is 17.9 Å². The van der Waals surface area contributed by atoms with Crippen LogP contribution in [0.3, 0.4) is 0 Å². The summed E-state index contributed by atoms with van der Waals surface area (Å²) >= 11 is 0. The summed E-state index contributed by atoms with van der Waals surface area (Å²) in [6.07, 6.45) is 1.94. The lowest BCUT2D eigenvalue weighted by Gasteiger charge is -2.28. The zero-order valence-corrected chi connectivity index (χ0v) is 19.9. The number of ether oxygens (including phenoxy) is 3. The third kappa shape index (κ3) is 4.82. The molecule has 2 aliphatic rings. The van der Waals surface area contributed by atoms with E-state index in [4.69, 9.17) is 14.2 Å². The Balaban J connectivity index is 1.68. The first-order valence-corrected chi connectivity index (χ1v) is 11.7. The Bertz CT molecular complexity index is 1020. The second-order valence-corrected chi connectivity index (χ2v) is 8.90. The quantitative estimate of drug-likeness (QED) is 0.602. The number of methoxy groups -OCH3 is 1. The van der Waals surface area contributed by atoms with E-state index in [9.17, 15) is 14.7 Å². The van der Waals surface area contributed by atoms with Gasteiger partial charge in [-0.3, -0.25) is 14.5 Å². The molecule has 2 aliphatic heterocycles. The third-order valence-corrected chi connectivity index (χ3v) is 6.78. The molecule has 2 aromatic rings. The fraction of sp³-hybridized carbons (Fsp3) is 0.462. The Morgan fingerprint density at radius 1 is 1.12 bits per heavy atom. The Hall–Kier alpha value is -3.26. The molecule has 1 saturated heterocycles. The van der Waals surface area contributed by atoms with Crippen molar-refractivity contribution >= 4 is 11.9 Å². The minimum absolute atomic E-state index is 0.0116. The number of unbranched alkanes of at least 4 members (excludes halogenated alkanes) is 1. The fourth-order valence-corrected chi connectivity index (χ4v) is 4.89. The molecule has 2 aromatic carbocycles. The molecule has 0 aromatic heterocycles. The average Bonchev–Trinajstić information content (AvgIpc) is 3.46.